The summed E-state index contributed by atoms with van der Waals surface area (Å²) in [4.78, 5) is 0. The van der Waals surface area contributed by atoms with Crippen LogP contribution in [0.1, 0.15) is 5.56 Å². The molecule has 61 valence electrons. The number of benzene rings is 1. The van der Waals surface area contributed by atoms with Crippen LogP contribution in [0.4, 0.5) is 0 Å². The molecule has 0 aliphatic rings. The first-order chi connectivity index (χ1) is 5.33. The quantitative estimate of drug-likeness (QED) is 0.512. The third kappa shape index (κ3) is 4.20. The molecular formula is C8H9ClMnO. The van der Waals surface area contributed by atoms with Crippen molar-refractivity contribution in [1.82, 2.24) is 0 Å². The molecule has 0 atom stereocenters. The molecule has 0 aromatic heterocycles. The molecule has 0 spiro atoms. The van der Waals surface area contributed by atoms with Crippen LogP contribution in [0.3, 0.4) is 0 Å². The summed E-state index contributed by atoms with van der Waals surface area (Å²) in [5, 5.41) is 0. The molecule has 0 aliphatic carbocycles. The zero-order valence-corrected chi connectivity index (χ0v) is 8.12. The van der Waals surface area contributed by atoms with Gasteiger partial charge in [0.05, 0.1) is 12.9 Å². The van der Waals surface area contributed by atoms with E-state index in [-0.39, 0.29) is 0 Å². The zero-order chi connectivity index (χ0) is 8.69. The van der Waals surface area contributed by atoms with Crippen LogP contribution in [0.25, 0.3) is 0 Å². The molecule has 0 unspecified atom stereocenters. The predicted molar refractivity (Wildman–Crippen MR) is 43.3 cm³/mol. The van der Waals surface area contributed by atoms with Gasteiger partial charge in [0.2, 0.25) is 0 Å². The Morgan fingerprint density at radius 2 is 2.09 bits per heavy atom. The van der Waals surface area contributed by atoms with E-state index < -0.39 is 0 Å². The van der Waals surface area contributed by atoms with Crippen molar-refractivity contribution in [3.8, 4) is 5.75 Å². The minimum atomic E-state index is 0.863. The van der Waals surface area contributed by atoms with E-state index in [1.807, 2.05) is 24.3 Å². The summed E-state index contributed by atoms with van der Waals surface area (Å²) < 4.78 is 4.96. The molecule has 1 aromatic rings. The van der Waals surface area contributed by atoms with Crippen molar-refractivity contribution < 1.29 is 19.8 Å². The van der Waals surface area contributed by atoms with E-state index in [0.717, 1.165) is 11.3 Å². The molecule has 0 saturated heterocycles. The van der Waals surface area contributed by atoms with Gasteiger partial charge in [0.25, 0.3) is 0 Å². The van der Waals surface area contributed by atoms with Crippen molar-refractivity contribution in [3.63, 3.8) is 0 Å². The zero-order valence-electron chi connectivity index (χ0n) is 6.18. The van der Waals surface area contributed by atoms with E-state index in [1.165, 1.54) is 0 Å². The van der Waals surface area contributed by atoms with Gasteiger partial charge in [0.1, 0.15) is 0 Å². The first-order valence-electron chi connectivity index (χ1n) is 2.93. The van der Waals surface area contributed by atoms with Crippen LogP contribution < -0.4 is 4.74 Å². The summed E-state index contributed by atoms with van der Waals surface area (Å²) in [5.74, 6) is 0.863. The molecule has 11 heavy (non-hydrogen) atoms. The average Bonchev–Trinajstić information content (AvgIpc) is 2.08. The van der Waals surface area contributed by atoms with E-state index in [2.05, 4.69) is 32.1 Å². The fourth-order valence-corrected chi connectivity index (χ4v) is 0.672. The molecule has 3 heteroatoms. The van der Waals surface area contributed by atoms with Crippen molar-refractivity contribution in [1.29, 1.82) is 0 Å². The van der Waals surface area contributed by atoms with Crippen molar-refractivity contribution in [2.24, 2.45) is 0 Å². The topological polar surface area (TPSA) is 9.23 Å². The average molecular weight is 212 g/mol. The molecule has 0 N–H and O–H groups in total. The van der Waals surface area contributed by atoms with Gasteiger partial charge >= 0.3 is 25.2 Å². The van der Waals surface area contributed by atoms with E-state index in [9.17, 15) is 0 Å². The Morgan fingerprint density at radius 3 is 2.45 bits per heavy atom. The minimum absolute atomic E-state index is 0.863. The van der Waals surface area contributed by atoms with Gasteiger partial charge in [-0.2, -0.15) is 18.6 Å². The number of ether oxygens (including phenoxy) is 1. The molecule has 0 amide bonds. The number of rotatable bonds is 1. The maximum absolute atomic E-state index is 4.96. The predicted octanol–water partition coefficient (Wildman–Crippen LogP) is 2.56. The third-order valence-corrected chi connectivity index (χ3v) is 1.13. The van der Waals surface area contributed by atoms with Gasteiger partial charge in [0, 0.05) is 0 Å². The van der Waals surface area contributed by atoms with Gasteiger partial charge in [0.15, 0.2) is 0 Å². The summed E-state index contributed by atoms with van der Waals surface area (Å²) in [5.41, 5.74) is 0.981. The molecule has 0 aliphatic heterocycles. The Labute approximate surface area is 79.7 Å². The number of methoxy groups -OCH3 is 1. The van der Waals surface area contributed by atoms with Gasteiger partial charge in [-0.15, -0.1) is 12.1 Å². The van der Waals surface area contributed by atoms with E-state index in [4.69, 9.17) is 4.74 Å². The van der Waals surface area contributed by atoms with Crippen LogP contribution in [-0.4, -0.2) is 7.11 Å². The van der Waals surface area contributed by atoms with Crippen molar-refractivity contribution in [2.75, 3.05) is 7.11 Å². The summed E-state index contributed by atoms with van der Waals surface area (Å²) >= 11 is 2.41. The SMILES string of the molecule is [CH2-]c1cccc(OC)c1.[Cl][Mn+]. The van der Waals surface area contributed by atoms with Crippen molar-refractivity contribution in [2.45, 2.75) is 0 Å². The Bertz CT molecular complexity index is 203. The molecule has 0 fully saturated rings. The molecule has 0 saturated carbocycles. The summed E-state index contributed by atoms with van der Waals surface area (Å²) in [6.07, 6.45) is 0. The maximum atomic E-state index is 4.96. The Morgan fingerprint density at radius 1 is 1.45 bits per heavy atom. The van der Waals surface area contributed by atoms with E-state index in [0.29, 0.717) is 0 Å². The molecule has 1 aromatic carbocycles. The van der Waals surface area contributed by atoms with Crippen LogP contribution in [0.15, 0.2) is 24.3 Å². The summed E-state index contributed by atoms with van der Waals surface area (Å²) in [6.45, 7) is 3.75. The van der Waals surface area contributed by atoms with Gasteiger partial charge < -0.3 is 4.74 Å². The molecule has 0 heterocycles. The van der Waals surface area contributed by atoms with Crippen molar-refractivity contribution >= 4 is 10.1 Å². The van der Waals surface area contributed by atoms with Crippen molar-refractivity contribution in [3.05, 3.63) is 36.8 Å². The Kier molecular flexibility index (Phi) is 6.24. The third-order valence-electron chi connectivity index (χ3n) is 1.13. The van der Waals surface area contributed by atoms with Gasteiger partial charge in [-0.25, -0.2) is 0 Å². The fourth-order valence-electron chi connectivity index (χ4n) is 0.672. The monoisotopic (exact) mass is 211 g/mol. The first-order valence-corrected chi connectivity index (χ1v) is 4.55. The number of hydrogen-bond acceptors (Lipinski definition) is 1. The number of hydrogen-bond donors (Lipinski definition) is 0. The van der Waals surface area contributed by atoms with Gasteiger partial charge in [-0.1, -0.05) is 0 Å². The van der Waals surface area contributed by atoms with Crippen LogP contribution in [0.2, 0.25) is 0 Å². The molecule has 0 bridgehead atoms. The molecule has 1 nitrogen and oxygen atoms in total. The van der Waals surface area contributed by atoms with Gasteiger partial charge in [-0.3, -0.25) is 0 Å². The molecule has 1 rings (SSSR count). The first kappa shape index (κ1) is 10.7. The second-order valence-corrected chi connectivity index (χ2v) is 1.85. The van der Waals surface area contributed by atoms with Gasteiger partial charge in [-0.05, 0) is 6.07 Å². The van der Waals surface area contributed by atoms with Crippen LogP contribution in [0, 0.1) is 6.92 Å². The molecular weight excluding hydrogens is 202 g/mol. The van der Waals surface area contributed by atoms with Crippen LogP contribution in [0.5, 0.6) is 5.75 Å². The Balaban J connectivity index is 0.000000461. The van der Waals surface area contributed by atoms with Crippen LogP contribution in [-0.2, 0) is 15.1 Å². The van der Waals surface area contributed by atoms with E-state index >= 15 is 0 Å². The fraction of sp³-hybridized carbons (Fsp3) is 0.125. The molecule has 0 radical (unpaired) electrons. The normalized spacial score (nSPS) is 7.82. The standard InChI is InChI=1S/C8H9O.ClH.Mn/c1-7-4-3-5-8(6-7)9-2;;/h3-6H,1H2,2H3;1H;/q-1;;+2/p-1. The van der Waals surface area contributed by atoms with Crippen LogP contribution >= 0.6 is 10.1 Å². The summed E-state index contributed by atoms with van der Waals surface area (Å²) in [6, 6.07) is 7.64. The second kappa shape index (κ2) is 6.41. The second-order valence-electron chi connectivity index (χ2n) is 1.85. The summed E-state index contributed by atoms with van der Waals surface area (Å²) in [7, 11) is 6.10. The van der Waals surface area contributed by atoms with E-state index in [1.54, 1.807) is 7.11 Å². The Hall–Kier alpha value is -0.301. The number of halogens is 1.